The van der Waals surface area contributed by atoms with E-state index < -0.39 is 0 Å². The van der Waals surface area contributed by atoms with Crippen LogP contribution in [0.4, 0.5) is 11.4 Å². The zero-order valence-electron chi connectivity index (χ0n) is 11.8. The van der Waals surface area contributed by atoms with Crippen molar-refractivity contribution in [3.63, 3.8) is 0 Å². The molecule has 104 valence electrons. The molecule has 1 atom stereocenters. The SMILES string of the molecule is CN(c1ccc(N)cc1)C1CCOC2(CCCC2)C1. The molecule has 1 spiro atoms. The summed E-state index contributed by atoms with van der Waals surface area (Å²) >= 11 is 0. The van der Waals surface area contributed by atoms with E-state index >= 15 is 0 Å². The van der Waals surface area contributed by atoms with Crippen LogP contribution in [0.25, 0.3) is 0 Å². The van der Waals surface area contributed by atoms with Gasteiger partial charge < -0.3 is 15.4 Å². The lowest BCUT2D eigenvalue weighted by Gasteiger charge is -2.42. The number of nitrogens with two attached hydrogens (primary N) is 1. The van der Waals surface area contributed by atoms with Crippen LogP contribution in [0.15, 0.2) is 24.3 Å². The molecule has 1 heterocycles. The maximum absolute atomic E-state index is 6.12. The first-order chi connectivity index (χ1) is 9.19. The van der Waals surface area contributed by atoms with Crippen LogP contribution >= 0.6 is 0 Å². The van der Waals surface area contributed by atoms with Crippen molar-refractivity contribution in [2.24, 2.45) is 0 Å². The molecule has 19 heavy (non-hydrogen) atoms. The molecule has 1 saturated carbocycles. The van der Waals surface area contributed by atoms with Crippen LogP contribution in [0.3, 0.4) is 0 Å². The maximum atomic E-state index is 6.12. The number of anilines is 2. The van der Waals surface area contributed by atoms with Crippen LogP contribution in [-0.4, -0.2) is 25.3 Å². The Kier molecular flexibility index (Phi) is 3.40. The van der Waals surface area contributed by atoms with Crippen LogP contribution in [-0.2, 0) is 4.74 Å². The molecule has 3 rings (SSSR count). The van der Waals surface area contributed by atoms with Crippen molar-refractivity contribution in [3.8, 4) is 0 Å². The van der Waals surface area contributed by atoms with E-state index in [-0.39, 0.29) is 5.60 Å². The summed E-state index contributed by atoms with van der Waals surface area (Å²) in [6.45, 7) is 0.907. The molecule has 1 aliphatic heterocycles. The largest absolute Gasteiger partial charge is 0.399 e. The Bertz CT molecular complexity index is 423. The molecule has 0 radical (unpaired) electrons. The van der Waals surface area contributed by atoms with Gasteiger partial charge in [0.05, 0.1) is 5.60 Å². The summed E-state index contributed by atoms with van der Waals surface area (Å²) in [7, 11) is 2.20. The van der Waals surface area contributed by atoms with Crippen LogP contribution in [0.2, 0.25) is 0 Å². The summed E-state index contributed by atoms with van der Waals surface area (Å²) in [5, 5.41) is 0. The molecule has 3 heteroatoms. The lowest BCUT2D eigenvalue weighted by Crippen LogP contribution is -2.46. The molecular formula is C16H24N2O. The van der Waals surface area contributed by atoms with Crippen LogP contribution in [0.5, 0.6) is 0 Å². The summed E-state index contributed by atoms with van der Waals surface area (Å²) in [6, 6.07) is 8.79. The smallest absolute Gasteiger partial charge is 0.0702 e. The highest BCUT2D eigenvalue weighted by atomic mass is 16.5. The Balaban J connectivity index is 1.72. The van der Waals surface area contributed by atoms with Crippen molar-refractivity contribution >= 4 is 11.4 Å². The van der Waals surface area contributed by atoms with Gasteiger partial charge in [0.15, 0.2) is 0 Å². The van der Waals surface area contributed by atoms with E-state index in [1.165, 1.54) is 37.8 Å². The summed E-state index contributed by atoms with van der Waals surface area (Å²) in [5.74, 6) is 0. The van der Waals surface area contributed by atoms with Gasteiger partial charge in [0.25, 0.3) is 0 Å². The Morgan fingerprint density at radius 2 is 1.89 bits per heavy atom. The van der Waals surface area contributed by atoms with Gasteiger partial charge >= 0.3 is 0 Å². The minimum absolute atomic E-state index is 0.186. The highest BCUT2D eigenvalue weighted by molar-refractivity contribution is 5.53. The van der Waals surface area contributed by atoms with E-state index in [4.69, 9.17) is 10.5 Å². The summed E-state index contributed by atoms with van der Waals surface area (Å²) in [4.78, 5) is 2.40. The van der Waals surface area contributed by atoms with Gasteiger partial charge in [0.2, 0.25) is 0 Å². The molecule has 2 aliphatic rings. The third-order valence-corrected chi connectivity index (χ3v) is 4.83. The molecule has 0 aromatic heterocycles. The Labute approximate surface area is 115 Å². The van der Waals surface area contributed by atoms with Gasteiger partial charge in [-0.2, -0.15) is 0 Å². The predicted octanol–water partition coefficient (Wildman–Crippen LogP) is 3.20. The lowest BCUT2D eigenvalue weighted by molar-refractivity contribution is -0.0795. The van der Waals surface area contributed by atoms with E-state index in [1.54, 1.807) is 0 Å². The second-order valence-corrected chi connectivity index (χ2v) is 6.09. The van der Waals surface area contributed by atoms with Crippen molar-refractivity contribution in [1.29, 1.82) is 0 Å². The van der Waals surface area contributed by atoms with Gasteiger partial charge in [0, 0.05) is 31.1 Å². The zero-order chi connectivity index (χ0) is 13.3. The minimum Gasteiger partial charge on any atom is -0.399 e. The fraction of sp³-hybridized carbons (Fsp3) is 0.625. The second kappa shape index (κ2) is 5.04. The standard InChI is InChI=1S/C16H24N2O/c1-18(14-6-4-13(17)5-7-14)15-8-11-19-16(12-15)9-2-3-10-16/h4-7,15H,2-3,8-12,17H2,1H3. The zero-order valence-corrected chi connectivity index (χ0v) is 11.8. The Morgan fingerprint density at radius 3 is 2.58 bits per heavy atom. The third kappa shape index (κ3) is 2.57. The molecule has 0 amide bonds. The number of ether oxygens (including phenoxy) is 1. The minimum atomic E-state index is 0.186. The maximum Gasteiger partial charge on any atom is 0.0702 e. The number of rotatable bonds is 2. The molecule has 2 fully saturated rings. The summed E-state index contributed by atoms with van der Waals surface area (Å²) in [5.41, 5.74) is 8.04. The number of nitrogen functional groups attached to an aromatic ring is 1. The summed E-state index contributed by atoms with van der Waals surface area (Å²) < 4.78 is 6.12. The first-order valence-corrected chi connectivity index (χ1v) is 7.41. The van der Waals surface area contributed by atoms with Gasteiger partial charge in [-0.1, -0.05) is 12.8 Å². The Hall–Kier alpha value is -1.22. The number of benzene rings is 1. The average Bonchev–Trinajstić information content (AvgIpc) is 2.87. The molecule has 3 nitrogen and oxygen atoms in total. The van der Waals surface area contributed by atoms with Crippen molar-refractivity contribution in [3.05, 3.63) is 24.3 Å². The second-order valence-electron chi connectivity index (χ2n) is 6.09. The predicted molar refractivity (Wildman–Crippen MR) is 79.4 cm³/mol. The molecular weight excluding hydrogens is 236 g/mol. The number of hydrogen-bond acceptors (Lipinski definition) is 3. The van der Waals surface area contributed by atoms with Crippen LogP contribution in [0, 0.1) is 0 Å². The van der Waals surface area contributed by atoms with Gasteiger partial charge in [-0.15, -0.1) is 0 Å². The van der Waals surface area contributed by atoms with E-state index in [1.807, 2.05) is 12.1 Å². The van der Waals surface area contributed by atoms with Gasteiger partial charge in [-0.25, -0.2) is 0 Å². The lowest BCUT2D eigenvalue weighted by atomic mass is 9.88. The molecule has 1 saturated heterocycles. The highest BCUT2D eigenvalue weighted by Gasteiger charge is 2.40. The topological polar surface area (TPSA) is 38.5 Å². The monoisotopic (exact) mass is 260 g/mol. The van der Waals surface area contributed by atoms with Crippen LogP contribution in [0.1, 0.15) is 38.5 Å². The molecule has 0 bridgehead atoms. The third-order valence-electron chi connectivity index (χ3n) is 4.83. The Morgan fingerprint density at radius 1 is 1.21 bits per heavy atom. The fourth-order valence-electron chi connectivity index (χ4n) is 3.62. The van der Waals surface area contributed by atoms with E-state index in [9.17, 15) is 0 Å². The van der Waals surface area contributed by atoms with Gasteiger partial charge in [-0.3, -0.25) is 0 Å². The quantitative estimate of drug-likeness (QED) is 0.830. The van der Waals surface area contributed by atoms with Crippen molar-refractivity contribution in [2.45, 2.75) is 50.2 Å². The first kappa shape index (κ1) is 12.8. The van der Waals surface area contributed by atoms with Gasteiger partial charge in [-0.05, 0) is 49.9 Å². The molecule has 1 unspecified atom stereocenters. The van der Waals surface area contributed by atoms with Crippen LogP contribution < -0.4 is 10.6 Å². The van der Waals surface area contributed by atoms with E-state index in [0.29, 0.717) is 6.04 Å². The molecule has 1 aromatic carbocycles. The molecule has 2 N–H and O–H groups in total. The van der Waals surface area contributed by atoms with Gasteiger partial charge in [0.1, 0.15) is 0 Å². The fourth-order valence-corrected chi connectivity index (χ4v) is 3.62. The first-order valence-electron chi connectivity index (χ1n) is 7.41. The number of nitrogens with zero attached hydrogens (tertiary/aromatic N) is 1. The van der Waals surface area contributed by atoms with Crippen molar-refractivity contribution < 1.29 is 4.74 Å². The number of hydrogen-bond donors (Lipinski definition) is 1. The molecule has 1 aromatic rings. The highest BCUT2D eigenvalue weighted by Crippen LogP contribution is 2.41. The molecule has 1 aliphatic carbocycles. The average molecular weight is 260 g/mol. The summed E-state index contributed by atoms with van der Waals surface area (Å²) in [6.07, 6.45) is 7.46. The van der Waals surface area contributed by atoms with E-state index in [0.717, 1.165) is 18.7 Å². The van der Waals surface area contributed by atoms with E-state index in [2.05, 4.69) is 24.1 Å². The van der Waals surface area contributed by atoms with Crippen molar-refractivity contribution in [2.75, 3.05) is 24.3 Å². The normalized spacial score (nSPS) is 25.6. The van der Waals surface area contributed by atoms with Crippen molar-refractivity contribution in [1.82, 2.24) is 0 Å².